The summed E-state index contributed by atoms with van der Waals surface area (Å²) in [5.74, 6) is 0.0380. The molecule has 0 aliphatic heterocycles. The minimum atomic E-state index is -0.439. The molecule has 3 rings (SSSR count). The number of aromatic nitrogens is 1. The molecule has 0 saturated heterocycles. The lowest BCUT2D eigenvalue weighted by Gasteiger charge is -2.13. The molecule has 2 aromatic rings. The van der Waals surface area contributed by atoms with Crippen LogP contribution in [-0.4, -0.2) is 17.6 Å². The van der Waals surface area contributed by atoms with Crippen molar-refractivity contribution in [1.82, 2.24) is 4.57 Å². The van der Waals surface area contributed by atoms with Gasteiger partial charge in [-0.05, 0) is 31.7 Å². The summed E-state index contributed by atoms with van der Waals surface area (Å²) < 4.78 is 11.8. The van der Waals surface area contributed by atoms with Crippen LogP contribution >= 0.6 is 11.3 Å². The van der Waals surface area contributed by atoms with E-state index in [4.69, 9.17) is 9.15 Å². The van der Waals surface area contributed by atoms with E-state index in [1.807, 2.05) is 0 Å². The van der Waals surface area contributed by atoms with Gasteiger partial charge in [0.15, 0.2) is 0 Å². The molecule has 5 nitrogen and oxygen atoms in total. The van der Waals surface area contributed by atoms with E-state index in [1.54, 1.807) is 10.6 Å². The predicted molar refractivity (Wildman–Crippen MR) is 74.4 cm³/mol. The van der Waals surface area contributed by atoms with Crippen molar-refractivity contribution in [1.29, 1.82) is 0 Å². The molecule has 0 fully saturated rings. The van der Waals surface area contributed by atoms with E-state index in [0.717, 1.165) is 31.4 Å². The van der Waals surface area contributed by atoms with E-state index in [2.05, 4.69) is 0 Å². The van der Waals surface area contributed by atoms with Gasteiger partial charge in [0, 0.05) is 10.6 Å². The summed E-state index contributed by atoms with van der Waals surface area (Å²) >= 11 is 1.31. The van der Waals surface area contributed by atoms with Crippen LogP contribution < -0.4 is 4.87 Å². The molecule has 0 unspecified atom stereocenters. The van der Waals surface area contributed by atoms with Gasteiger partial charge in [-0.25, -0.2) is 4.79 Å². The molecule has 0 amide bonds. The Morgan fingerprint density at radius 3 is 3.05 bits per heavy atom. The second kappa shape index (κ2) is 5.28. The Morgan fingerprint density at radius 1 is 1.45 bits per heavy atom. The van der Waals surface area contributed by atoms with Crippen LogP contribution in [0.3, 0.4) is 0 Å². The van der Waals surface area contributed by atoms with Crippen molar-refractivity contribution < 1.29 is 13.9 Å². The summed E-state index contributed by atoms with van der Waals surface area (Å²) in [6.45, 7) is 0.294. The van der Waals surface area contributed by atoms with Gasteiger partial charge in [-0.1, -0.05) is 11.3 Å². The van der Waals surface area contributed by atoms with Crippen molar-refractivity contribution in [2.75, 3.05) is 7.11 Å². The molecule has 0 radical (unpaired) electrons. The van der Waals surface area contributed by atoms with E-state index in [9.17, 15) is 9.59 Å². The maximum absolute atomic E-state index is 12.1. The number of nitrogens with zero attached hydrogens (tertiary/aromatic N) is 1. The molecule has 0 bridgehead atoms. The third-order valence-corrected chi connectivity index (χ3v) is 4.68. The molecule has 106 valence electrons. The average Bonchev–Trinajstić information content (AvgIpc) is 3.04. The van der Waals surface area contributed by atoms with Crippen LogP contribution in [0, 0.1) is 0 Å². The Balaban J connectivity index is 1.96. The van der Waals surface area contributed by atoms with Gasteiger partial charge in [-0.15, -0.1) is 0 Å². The highest BCUT2D eigenvalue weighted by Crippen LogP contribution is 2.24. The van der Waals surface area contributed by atoms with Crippen LogP contribution in [0.4, 0.5) is 0 Å². The molecule has 6 heteroatoms. The molecular formula is C14H15NO4S. The first-order valence-corrected chi connectivity index (χ1v) is 7.38. The fourth-order valence-corrected chi connectivity index (χ4v) is 3.66. The summed E-state index contributed by atoms with van der Waals surface area (Å²) in [5.41, 5.74) is 1.48. The van der Waals surface area contributed by atoms with Crippen molar-refractivity contribution >= 4 is 17.3 Å². The normalized spacial score (nSPS) is 14.1. The second-order valence-corrected chi connectivity index (χ2v) is 5.83. The molecule has 0 atom stereocenters. The number of thiazole rings is 1. The first-order chi connectivity index (χ1) is 9.70. The average molecular weight is 293 g/mol. The van der Waals surface area contributed by atoms with Gasteiger partial charge in [0.25, 0.3) is 0 Å². The number of carbonyl (C=O) groups excluding carboxylic acids is 1. The zero-order valence-corrected chi connectivity index (χ0v) is 12.0. The number of hydrogen-bond acceptors (Lipinski definition) is 5. The molecule has 1 aliphatic rings. The van der Waals surface area contributed by atoms with Crippen molar-refractivity contribution in [2.24, 2.45) is 0 Å². The Hall–Kier alpha value is -1.82. The molecule has 1 aliphatic carbocycles. The lowest BCUT2D eigenvalue weighted by molar-refractivity contribution is 0.0598. The van der Waals surface area contributed by atoms with Gasteiger partial charge in [-0.2, -0.15) is 0 Å². The first-order valence-electron chi connectivity index (χ1n) is 6.56. The van der Waals surface area contributed by atoms with Crippen LogP contribution in [0.1, 0.15) is 39.5 Å². The largest absolute Gasteiger partial charge is 0.467 e. The van der Waals surface area contributed by atoms with Crippen molar-refractivity contribution in [2.45, 2.75) is 32.2 Å². The van der Waals surface area contributed by atoms with Gasteiger partial charge in [-0.3, -0.25) is 9.36 Å². The number of esters is 1. The van der Waals surface area contributed by atoms with Crippen LogP contribution in [0.5, 0.6) is 0 Å². The highest BCUT2D eigenvalue weighted by Gasteiger charge is 2.21. The van der Waals surface area contributed by atoms with Crippen molar-refractivity contribution in [3.05, 3.63) is 43.9 Å². The van der Waals surface area contributed by atoms with Crippen LogP contribution in [0.15, 0.2) is 21.5 Å². The monoisotopic (exact) mass is 293 g/mol. The Bertz CT molecular complexity index is 694. The zero-order valence-electron chi connectivity index (χ0n) is 11.2. The molecule has 0 saturated carbocycles. The van der Waals surface area contributed by atoms with Gasteiger partial charge in [0.05, 0.1) is 19.9 Å². The second-order valence-electron chi connectivity index (χ2n) is 4.78. The standard InChI is InChI=1S/C14H15NO4S/c1-18-13(16)9-6-7-19-11(9)8-15-10-4-2-3-5-12(10)20-14(15)17/h6-7H,2-5,8H2,1H3. The summed E-state index contributed by atoms with van der Waals surface area (Å²) in [4.78, 5) is 24.9. The molecule has 0 spiro atoms. The van der Waals surface area contributed by atoms with Crippen molar-refractivity contribution in [3.63, 3.8) is 0 Å². The molecule has 20 heavy (non-hydrogen) atoms. The summed E-state index contributed by atoms with van der Waals surface area (Å²) in [6, 6.07) is 1.57. The fraction of sp³-hybridized carbons (Fsp3) is 0.429. The maximum Gasteiger partial charge on any atom is 0.341 e. The SMILES string of the molecule is COC(=O)c1ccoc1Cn1c2c(sc1=O)CCCC2. The van der Waals surface area contributed by atoms with E-state index in [0.29, 0.717) is 17.9 Å². The predicted octanol–water partition coefficient (Wildman–Crippen LogP) is 2.22. The zero-order chi connectivity index (χ0) is 14.1. The lowest BCUT2D eigenvalue weighted by Crippen LogP contribution is -2.19. The number of furan rings is 1. The topological polar surface area (TPSA) is 61.4 Å². The third kappa shape index (κ3) is 2.20. The van der Waals surface area contributed by atoms with E-state index in [-0.39, 0.29) is 4.87 Å². The van der Waals surface area contributed by atoms with Crippen molar-refractivity contribution in [3.8, 4) is 0 Å². The Labute approximate surface area is 119 Å². The minimum absolute atomic E-state index is 0.0177. The molecule has 2 heterocycles. The minimum Gasteiger partial charge on any atom is -0.467 e. The third-order valence-electron chi connectivity index (χ3n) is 3.60. The number of fused-ring (bicyclic) bond motifs is 1. The Morgan fingerprint density at radius 2 is 2.25 bits per heavy atom. The van der Waals surface area contributed by atoms with E-state index >= 15 is 0 Å². The fourth-order valence-electron chi connectivity index (χ4n) is 2.59. The molecule has 0 aromatic carbocycles. The number of carbonyl (C=O) groups is 1. The number of aryl methyl sites for hydroxylation is 1. The molecule has 0 N–H and O–H groups in total. The number of rotatable bonds is 3. The van der Waals surface area contributed by atoms with Gasteiger partial charge < -0.3 is 9.15 Å². The van der Waals surface area contributed by atoms with Gasteiger partial charge in [0.2, 0.25) is 0 Å². The molecular weight excluding hydrogens is 278 g/mol. The first kappa shape index (κ1) is 13.2. The Kier molecular flexibility index (Phi) is 3.48. The van der Waals surface area contributed by atoms with Gasteiger partial charge >= 0.3 is 10.8 Å². The highest BCUT2D eigenvalue weighted by atomic mass is 32.1. The van der Waals surface area contributed by atoms with E-state index in [1.165, 1.54) is 29.6 Å². The van der Waals surface area contributed by atoms with E-state index < -0.39 is 5.97 Å². The number of ether oxygens (including phenoxy) is 1. The summed E-state index contributed by atoms with van der Waals surface area (Å²) in [5, 5.41) is 0. The number of hydrogen-bond donors (Lipinski definition) is 0. The highest BCUT2D eigenvalue weighted by molar-refractivity contribution is 7.09. The summed E-state index contributed by atoms with van der Waals surface area (Å²) in [6.07, 6.45) is 5.59. The van der Waals surface area contributed by atoms with Crippen LogP contribution in [-0.2, 0) is 24.1 Å². The summed E-state index contributed by atoms with van der Waals surface area (Å²) in [7, 11) is 1.33. The van der Waals surface area contributed by atoms with Gasteiger partial charge in [0.1, 0.15) is 11.3 Å². The number of methoxy groups -OCH3 is 1. The smallest absolute Gasteiger partial charge is 0.341 e. The van der Waals surface area contributed by atoms with Crippen LogP contribution in [0.2, 0.25) is 0 Å². The molecule has 2 aromatic heterocycles. The van der Waals surface area contributed by atoms with Crippen LogP contribution in [0.25, 0.3) is 0 Å². The maximum atomic E-state index is 12.1. The quantitative estimate of drug-likeness (QED) is 0.814. The lowest BCUT2D eigenvalue weighted by atomic mass is 10.0.